The summed E-state index contributed by atoms with van der Waals surface area (Å²) in [7, 11) is -5.80. The maximum absolute atomic E-state index is 12.7. The van der Waals surface area contributed by atoms with Gasteiger partial charge in [-0.05, 0) is 37.4 Å². The zero-order chi connectivity index (χ0) is 21.2. The van der Waals surface area contributed by atoms with Crippen molar-refractivity contribution in [3.8, 4) is 0 Å². The van der Waals surface area contributed by atoms with Crippen molar-refractivity contribution in [1.29, 1.82) is 0 Å². The van der Waals surface area contributed by atoms with E-state index in [9.17, 15) is 26.9 Å². The van der Waals surface area contributed by atoms with E-state index < -0.39 is 25.0 Å². The van der Waals surface area contributed by atoms with Gasteiger partial charge >= 0.3 is 0 Å². The van der Waals surface area contributed by atoms with Crippen LogP contribution in [0.1, 0.15) is 0 Å². The number of rotatable bonds is 6. The number of anilines is 1. The van der Waals surface area contributed by atoms with Crippen molar-refractivity contribution in [2.45, 2.75) is 9.79 Å². The highest BCUT2D eigenvalue weighted by Crippen LogP contribution is 2.23. The highest BCUT2D eigenvalue weighted by Gasteiger charge is 2.27. The van der Waals surface area contributed by atoms with Crippen molar-refractivity contribution >= 4 is 31.4 Å². The summed E-state index contributed by atoms with van der Waals surface area (Å²) in [6, 6.07) is 10.0. The first kappa shape index (κ1) is 21.2. The number of nitrogens with one attached hydrogen (secondary N) is 1. The zero-order valence-corrected chi connectivity index (χ0v) is 17.2. The topological polar surface area (TPSA) is 130 Å². The molecule has 1 aliphatic heterocycles. The molecule has 12 heteroatoms. The molecular formula is C17H20N4O6S2. The van der Waals surface area contributed by atoms with Crippen molar-refractivity contribution < 1.29 is 21.8 Å². The molecule has 0 bridgehead atoms. The lowest BCUT2D eigenvalue weighted by Crippen LogP contribution is -2.46. The quantitative estimate of drug-likeness (QED) is 0.530. The molecule has 0 spiro atoms. The molecule has 0 aliphatic carbocycles. The Morgan fingerprint density at radius 1 is 0.931 bits per heavy atom. The first-order valence-corrected chi connectivity index (χ1v) is 11.6. The van der Waals surface area contributed by atoms with Gasteiger partial charge in [0.15, 0.2) is 0 Å². The van der Waals surface area contributed by atoms with Crippen molar-refractivity contribution in [2.75, 3.05) is 37.9 Å². The van der Waals surface area contributed by atoms with Gasteiger partial charge in [0.1, 0.15) is 0 Å². The molecule has 0 aromatic heterocycles. The van der Waals surface area contributed by atoms with Gasteiger partial charge in [0.2, 0.25) is 10.0 Å². The van der Waals surface area contributed by atoms with Gasteiger partial charge in [0.25, 0.3) is 15.7 Å². The highest BCUT2D eigenvalue weighted by atomic mass is 32.2. The summed E-state index contributed by atoms with van der Waals surface area (Å²) in [6.45, 7) is 2.06. The van der Waals surface area contributed by atoms with E-state index >= 15 is 0 Å². The number of hydrogen-bond acceptors (Lipinski definition) is 7. The summed E-state index contributed by atoms with van der Waals surface area (Å²) in [5, 5.41) is 10.8. The van der Waals surface area contributed by atoms with E-state index in [1.54, 1.807) is 0 Å². The van der Waals surface area contributed by atoms with Gasteiger partial charge in [0, 0.05) is 44.0 Å². The van der Waals surface area contributed by atoms with E-state index in [1.165, 1.54) is 46.8 Å². The Morgan fingerprint density at radius 3 is 2.14 bits per heavy atom. The van der Waals surface area contributed by atoms with Crippen LogP contribution in [0.25, 0.3) is 0 Å². The van der Waals surface area contributed by atoms with E-state index in [0.29, 0.717) is 26.2 Å². The summed E-state index contributed by atoms with van der Waals surface area (Å²) in [5.41, 5.74) is -0.199. The van der Waals surface area contributed by atoms with Crippen molar-refractivity contribution in [2.24, 2.45) is 0 Å². The Bertz CT molecular complexity index is 1110. The summed E-state index contributed by atoms with van der Waals surface area (Å²) >= 11 is 0. The standard InChI is InChI=1S/C17H20N4O6S2/c1-19-9-11-20(12-10-19)29(26,27)16-7-5-14(6-8-16)18-28(24,25)17-4-2-3-15(13-17)21(22)23/h2-8,13,18H,9-12H2,1H3. The van der Waals surface area contributed by atoms with Crippen LogP contribution in [0, 0.1) is 10.1 Å². The molecule has 1 aliphatic rings. The average molecular weight is 441 g/mol. The van der Waals surface area contributed by atoms with Crippen LogP contribution in [0.5, 0.6) is 0 Å². The largest absolute Gasteiger partial charge is 0.304 e. The minimum Gasteiger partial charge on any atom is -0.304 e. The lowest BCUT2D eigenvalue weighted by molar-refractivity contribution is -0.385. The first-order valence-electron chi connectivity index (χ1n) is 8.66. The SMILES string of the molecule is CN1CCN(S(=O)(=O)c2ccc(NS(=O)(=O)c3cccc([N+](=O)[O-])c3)cc2)CC1. The second-order valence-electron chi connectivity index (χ2n) is 6.59. The monoisotopic (exact) mass is 440 g/mol. The Morgan fingerprint density at radius 2 is 1.55 bits per heavy atom. The van der Waals surface area contributed by atoms with E-state index in [1.807, 2.05) is 11.9 Å². The lowest BCUT2D eigenvalue weighted by Gasteiger charge is -2.31. The third-order valence-electron chi connectivity index (χ3n) is 4.55. The first-order chi connectivity index (χ1) is 13.6. The van der Waals surface area contributed by atoms with Gasteiger partial charge in [-0.25, -0.2) is 16.8 Å². The lowest BCUT2D eigenvalue weighted by atomic mass is 10.3. The van der Waals surface area contributed by atoms with Crippen LogP contribution in [0.4, 0.5) is 11.4 Å². The van der Waals surface area contributed by atoms with E-state index in [-0.39, 0.29) is 21.2 Å². The van der Waals surface area contributed by atoms with E-state index in [0.717, 1.165) is 6.07 Å². The molecule has 1 N–H and O–H groups in total. The van der Waals surface area contributed by atoms with Gasteiger partial charge in [-0.3, -0.25) is 14.8 Å². The van der Waals surface area contributed by atoms with Crippen LogP contribution >= 0.6 is 0 Å². The molecule has 1 saturated heterocycles. The Balaban J connectivity index is 1.78. The van der Waals surface area contributed by atoms with Crippen molar-refractivity contribution in [1.82, 2.24) is 9.21 Å². The average Bonchev–Trinajstić information content (AvgIpc) is 2.68. The molecule has 1 fully saturated rings. The van der Waals surface area contributed by atoms with Gasteiger partial charge < -0.3 is 4.90 Å². The molecule has 0 radical (unpaired) electrons. The number of nitrogens with zero attached hydrogens (tertiary/aromatic N) is 3. The van der Waals surface area contributed by atoms with Crippen LogP contribution < -0.4 is 4.72 Å². The van der Waals surface area contributed by atoms with Crippen LogP contribution in [-0.4, -0.2) is 64.2 Å². The molecule has 2 aromatic rings. The molecule has 10 nitrogen and oxygen atoms in total. The molecule has 1 heterocycles. The smallest absolute Gasteiger partial charge is 0.270 e. The maximum atomic E-state index is 12.7. The highest BCUT2D eigenvalue weighted by molar-refractivity contribution is 7.92. The predicted octanol–water partition coefficient (Wildman–Crippen LogP) is 1.33. The van der Waals surface area contributed by atoms with Crippen LogP contribution in [0.15, 0.2) is 58.3 Å². The molecule has 0 saturated carbocycles. The van der Waals surface area contributed by atoms with Gasteiger partial charge in [-0.2, -0.15) is 4.31 Å². The summed E-state index contributed by atoms with van der Waals surface area (Å²) < 4.78 is 54.1. The van der Waals surface area contributed by atoms with Crippen LogP contribution in [0.2, 0.25) is 0 Å². The Hall–Kier alpha value is -2.54. The zero-order valence-electron chi connectivity index (χ0n) is 15.6. The number of nitro groups is 1. The normalized spacial score (nSPS) is 16.4. The predicted molar refractivity (Wildman–Crippen MR) is 107 cm³/mol. The van der Waals surface area contributed by atoms with E-state index in [2.05, 4.69) is 4.72 Å². The number of benzene rings is 2. The minimum atomic E-state index is -4.06. The van der Waals surface area contributed by atoms with Crippen molar-refractivity contribution in [3.05, 3.63) is 58.6 Å². The molecule has 156 valence electrons. The second-order valence-corrected chi connectivity index (χ2v) is 10.2. The van der Waals surface area contributed by atoms with E-state index in [4.69, 9.17) is 0 Å². The molecule has 2 aromatic carbocycles. The fraction of sp³-hybridized carbons (Fsp3) is 0.294. The third-order valence-corrected chi connectivity index (χ3v) is 7.84. The Kier molecular flexibility index (Phi) is 5.89. The fourth-order valence-electron chi connectivity index (χ4n) is 2.85. The van der Waals surface area contributed by atoms with Crippen LogP contribution in [0.3, 0.4) is 0 Å². The number of likely N-dealkylation sites (N-methyl/N-ethyl adjacent to an activating group) is 1. The molecule has 3 rings (SSSR count). The molecule has 0 unspecified atom stereocenters. The molecule has 0 atom stereocenters. The minimum absolute atomic E-state index is 0.0698. The van der Waals surface area contributed by atoms with Crippen LogP contribution in [-0.2, 0) is 20.0 Å². The third kappa shape index (κ3) is 4.72. The van der Waals surface area contributed by atoms with Gasteiger partial charge in [-0.1, -0.05) is 6.07 Å². The number of nitro benzene ring substituents is 1. The number of sulfonamides is 2. The number of hydrogen-bond donors (Lipinski definition) is 1. The summed E-state index contributed by atoms with van der Waals surface area (Å²) in [5.74, 6) is 0. The van der Waals surface area contributed by atoms with Crippen molar-refractivity contribution in [3.63, 3.8) is 0 Å². The molecule has 29 heavy (non-hydrogen) atoms. The number of non-ortho nitro benzene ring substituents is 1. The summed E-state index contributed by atoms with van der Waals surface area (Å²) in [4.78, 5) is 12.0. The molecule has 0 amide bonds. The molecular weight excluding hydrogens is 420 g/mol. The number of piperazine rings is 1. The second kappa shape index (κ2) is 8.06. The van der Waals surface area contributed by atoms with Gasteiger partial charge in [-0.15, -0.1) is 0 Å². The fourth-order valence-corrected chi connectivity index (χ4v) is 5.37. The maximum Gasteiger partial charge on any atom is 0.270 e. The Labute approximate surface area is 169 Å². The summed E-state index contributed by atoms with van der Waals surface area (Å²) in [6.07, 6.45) is 0. The van der Waals surface area contributed by atoms with Gasteiger partial charge in [0.05, 0.1) is 14.7 Å².